The summed E-state index contributed by atoms with van der Waals surface area (Å²) in [6, 6.07) is 4.23. The van der Waals surface area contributed by atoms with Crippen LogP contribution < -0.4 is 11.1 Å². The minimum atomic E-state index is -1.19. The zero-order valence-electron chi connectivity index (χ0n) is 11.5. The molecular weight excluding hydrogens is 260 g/mol. The summed E-state index contributed by atoms with van der Waals surface area (Å²) in [6.45, 7) is 3.62. The standard InChI is InChI=1S/C14H18N2O4/c1-8-3-4-9(2)10(7-8)13(18)16-11(14(19)20)5-6-12(15)17/h3-4,7,11H,5-6H2,1-2H3,(H2,15,17)(H,16,18)(H,19,20)/t11-/m0/s1. The molecule has 2 amide bonds. The second-order valence-corrected chi connectivity index (χ2v) is 4.69. The maximum atomic E-state index is 12.1. The van der Waals surface area contributed by atoms with Gasteiger partial charge in [0, 0.05) is 12.0 Å². The van der Waals surface area contributed by atoms with Gasteiger partial charge in [-0.2, -0.15) is 0 Å². The van der Waals surface area contributed by atoms with Gasteiger partial charge in [-0.05, 0) is 31.9 Å². The third kappa shape index (κ3) is 4.38. The zero-order chi connectivity index (χ0) is 15.3. The number of carboxylic acids is 1. The summed E-state index contributed by atoms with van der Waals surface area (Å²) in [5.74, 6) is -2.26. The van der Waals surface area contributed by atoms with E-state index in [2.05, 4.69) is 5.32 Å². The summed E-state index contributed by atoms with van der Waals surface area (Å²) in [4.78, 5) is 33.8. The number of aliphatic carboxylic acids is 1. The molecule has 0 saturated carbocycles. The molecule has 0 fully saturated rings. The number of amides is 2. The third-order valence-corrected chi connectivity index (χ3v) is 2.92. The molecule has 0 spiro atoms. The summed E-state index contributed by atoms with van der Waals surface area (Å²) in [7, 11) is 0. The van der Waals surface area contributed by atoms with Crippen LogP contribution in [0.5, 0.6) is 0 Å². The second kappa shape index (κ2) is 6.70. The fraction of sp³-hybridized carbons (Fsp3) is 0.357. The maximum absolute atomic E-state index is 12.1. The number of rotatable bonds is 6. The highest BCUT2D eigenvalue weighted by atomic mass is 16.4. The lowest BCUT2D eigenvalue weighted by Gasteiger charge is -2.15. The highest BCUT2D eigenvalue weighted by molar-refractivity contribution is 5.98. The van der Waals surface area contributed by atoms with E-state index in [4.69, 9.17) is 10.8 Å². The Morgan fingerprint density at radius 1 is 1.30 bits per heavy atom. The Hall–Kier alpha value is -2.37. The molecule has 0 heterocycles. The molecule has 0 unspecified atom stereocenters. The van der Waals surface area contributed by atoms with Gasteiger partial charge in [-0.25, -0.2) is 4.79 Å². The molecule has 0 aliphatic rings. The van der Waals surface area contributed by atoms with Crippen molar-refractivity contribution in [1.82, 2.24) is 5.32 Å². The Balaban J connectivity index is 2.82. The van der Waals surface area contributed by atoms with E-state index in [9.17, 15) is 14.4 Å². The van der Waals surface area contributed by atoms with Crippen molar-refractivity contribution in [3.63, 3.8) is 0 Å². The van der Waals surface area contributed by atoms with Gasteiger partial charge in [0.2, 0.25) is 5.91 Å². The average Bonchev–Trinajstić information content (AvgIpc) is 2.36. The van der Waals surface area contributed by atoms with Crippen LogP contribution in [0.2, 0.25) is 0 Å². The van der Waals surface area contributed by atoms with E-state index < -0.39 is 23.8 Å². The first-order valence-electron chi connectivity index (χ1n) is 6.20. The number of hydrogen-bond acceptors (Lipinski definition) is 3. The molecule has 1 aromatic carbocycles. The highest BCUT2D eigenvalue weighted by Crippen LogP contribution is 2.11. The van der Waals surface area contributed by atoms with Crippen LogP contribution in [0.1, 0.15) is 34.3 Å². The predicted octanol–water partition coefficient (Wildman–Crippen LogP) is 0.752. The molecule has 108 valence electrons. The van der Waals surface area contributed by atoms with Gasteiger partial charge in [0.05, 0.1) is 0 Å². The lowest BCUT2D eigenvalue weighted by atomic mass is 10.0. The van der Waals surface area contributed by atoms with Crippen molar-refractivity contribution in [2.45, 2.75) is 32.7 Å². The Labute approximate surface area is 117 Å². The van der Waals surface area contributed by atoms with Crippen molar-refractivity contribution in [2.75, 3.05) is 0 Å². The summed E-state index contributed by atoms with van der Waals surface area (Å²) < 4.78 is 0. The van der Waals surface area contributed by atoms with Gasteiger partial charge in [0.25, 0.3) is 5.91 Å². The van der Waals surface area contributed by atoms with Gasteiger partial charge in [-0.15, -0.1) is 0 Å². The Bertz CT molecular complexity index is 540. The van der Waals surface area contributed by atoms with Crippen molar-refractivity contribution in [3.05, 3.63) is 34.9 Å². The van der Waals surface area contributed by atoms with Crippen LogP contribution in [0.3, 0.4) is 0 Å². The number of primary amides is 1. The number of nitrogens with one attached hydrogen (secondary N) is 1. The molecule has 0 bridgehead atoms. The number of benzene rings is 1. The number of nitrogens with two attached hydrogens (primary N) is 1. The van der Waals surface area contributed by atoms with Crippen LogP contribution in [0.15, 0.2) is 18.2 Å². The molecule has 0 aliphatic carbocycles. The minimum Gasteiger partial charge on any atom is -0.480 e. The van der Waals surface area contributed by atoms with E-state index in [0.29, 0.717) is 5.56 Å². The summed E-state index contributed by atoms with van der Waals surface area (Å²) >= 11 is 0. The molecule has 0 aromatic heterocycles. The molecule has 1 atom stereocenters. The van der Waals surface area contributed by atoms with Crippen LogP contribution in [0, 0.1) is 13.8 Å². The normalized spacial score (nSPS) is 11.7. The summed E-state index contributed by atoms with van der Waals surface area (Å²) in [6.07, 6.45) is -0.120. The quantitative estimate of drug-likeness (QED) is 0.713. The second-order valence-electron chi connectivity index (χ2n) is 4.69. The minimum absolute atomic E-state index is 0.0265. The molecule has 1 aromatic rings. The number of carbonyl (C=O) groups excluding carboxylic acids is 2. The lowest BCUT2D eigenvalue weighted by molar-refractivity contribution is -0.139. The zero-order valence-corrected chi connectivity index (χ0v) is 11.5. The fourth-order valence-electron chi connectivity index (χ4n) is 1.76. The molecule has 0 saturated heterocycles. The van der Waals surface area contributed by atoms with Crippen LogP contribution in [0.4, 0.5) is 0 Å². The fourth-order valence-corrected chi connectivity index (χ4v) is 1.76. The van der Waals surface area contributed by atoms with Crippen molar-refractivity contribution in [1.29, 1.82) is 0 Å². The van der Waals surface area contributed by atoms with Crippen LogP contribution >= 0.6 is 0 Å². The first-order chi connectivity index (χ1) is 9.31. The van der Waals surface area contributed by atoms with E-state index in [-0.39, 0.29) is 12.8 Å². The number of carbonyl (C=O) groups is 3. The van der Waals surface area contributed by atoms with Crippen molar-refractivity contribution in [2.24, 2.45) is 5.73 Å². The van der Waals surface area contributed by atoms with Crippen molar-refractivity contribution < 1.29 is 19.5 Å². The molecule has 0 aliphatic heterocycles. The monoisotopic (exact) mass is 278 g/mol. The van der Waals surface area contributed by atoms with Gasteiger partial charge >= 0.3 is 5.97 Å². The molecule has 1 rings (SSSR count). The predicted molar refractivity (Wildman–Crippen MR) is 73.2 cm³/mol. The highest BCUT2D eigenvalue weighted by Gasteiger charge is 2.21. The number of hydrogen-bond donors (Lipinski definition) is 3. The third-order valence-electron chi connectivity index (χ3n) is 2.92. The van der Waals surface area contributed by atoms with E-state index in [1.54, 1.807) is 19.1 Å². The molecule has 6 nitrogen and oxygen atoms in total. The first kappa shape index (κ1) is 15.7. The summed E-state index contributed by atoms with van der Waals surface area (Å²) in [5, 5.41) is 11.4. The topological polar surface area (TPSA) is 109 Å². The van der Waals surface area contributed by atoms with Crippen LogP contribution in [-0.2, 0) is 9.59 Å². The van der Waals surface area contributed by atoms with E-state index in [1.807, 2.05) is 13.0 Å². The van der Waals surface area contributed by atoms with Crippen molar-refractivity contribution >= 4 is 17.8 Å². The average molecular weight is 278 g/mol. The van der Waals surface area contributed by atoms with Crippen LogP contribution in [0.25, 0.3) is 0 Å². The molecule has 0 radical (unpaired) electrons. The maximum Gasteiger partial charge on any atom is 0.326 e. The van der Waals surface area contributed by atoms with E-state index >= 15 is 0 Å². The van der Waals surface area contributed by atoms with E-state index in [1.165, 1.54) is 0 Å². The van der Waals surface area contributed by atoms with Gasteiger partial charge in [-0.1, -0.05) is 17.7 Å². The summed E-state index contributed by atoms with van der Waals surface area (Å²) in [5.41, 5.74) is 7.07. The Morgan fingerprint density at radius 3 is 2.50 bits per heavy atom. The van der Waals surface area contributed by atoms with E-state index in [0.717, 1.165) is 11.1 Å². The Morgan fingerprint density at radius 2 is 1.95 bits per heavy atom. The van der Waals surface area contributed by atoms with Crippen molar-refractivity contribution in [3.8, 4) is 0 Å². The van der Waals surface area contributed by atoms with Gasteiger partial charge < -0.3 is 16.2 Å². The smallest absolute Gasteiger partial charge is 0.326 e. The van der Waals surface area contributed by atoms with Gasteiger partial charge in [0.1, 0.15) is 6.04 Å². The number of carboxylic acid groups (broad SMARTS) is 1. The van der Waals surface area contributed by atoms with Gasteiger partial charge in [0.15, 0.2) is 0 Å². The lowest BCUT2D eigenvalue weighted by Crippen LogP contribution is -2.41. The SMILES string of the molecule is Cc1ccc(C)c(C(=O)N[C@@H](CCC(N)=O)C(=O)O)c1. The Kier molecular flexibility index (Phi) is 5.25. The largest absolute Gasteiger partial charge is 0.480 e. The van der Waals surface area contributed by atoms with Crippen LogP contribution in [-0.4, -0.2) is 28.9 Å². The molecular formula is C14H18N2O4. The van der Waals surface area contributed by atoms with Gasteiger partial charge in [-0.3, -0.25) is 9.59 Å². The number of aryl methyl sites for hydroxylation is 2. The molecule has 20 heavy (non-hydrogen) atoms. The molecule has 6 heteroatoms. The molecule has 4 N–H and O–H groups in total. The first-order valence-corrected chi connectivity index (χ1v) is 6.20.